The Balaban J connectivity index is 0.000000272. The zero-order chi connectivity index (χ0) is 109. The molecule has 0 amide bonds. The van der Waals surface area contributed by atoms with Crippen molar-refractivity contribution in [2.75, 3.05) is 178 Å². The average Bonchev–Trinajstić information content (AvgIpc) is 0.851. The molecule has 0 saturated carbocycles. The molecule has 0 spiro atoms. The second-order valence-corrected chi connectivity index (χ2v) is 43.7. The number of nitro groups is 2. The fraction of sp³-hybridized carbons (Fsp3) is 0.444. The van der Waals surface area contributed by atoms with Gasteiger partial charge in [0.05, 0.1) is 63.7 Å². The molecule has 0 heterocycles. The number of ether oxygens (including phenoxy) is 12. The highest BCUT2D eigenvalue weighted by Crippen LogP contribution is 2.54. The van der Waals surface area contributed by atoms with Crippen molar-refractivity contribution >= 4 is 64.2 Å². The van der Waals surface area contributed by atoms with Crippen molar-refractivity contribution in [2.45, 2.75) is 142 Å². The average molecular weight is 2200 g/mol. The molecule has 824 valence electrons. The minimum atomic E-state index is -4.67. The maximum absolute atomic E-state index is 14.0. The first-order valence-electron chi connectivity index (χ1n) is 49.2. The summed E-state index contributed by atoms with van der Waals surface area (Å²) in [4.78, 5) is 28.7. The molecule has 0 fully saturated rings. The number of benzene rings is 10. The Hall–Kier alpha value is -10.0. The fourth-order valence-electron chi connectivity index (χ4n) is 14.2. The van der Waals surface area contributed by atoms with E-state index >= 15 is 0 Å². The van der Waals surface area contributed by atoms with Gasteiger partial charge in [-0.15, -0.1) is 8.39 Å². The summed E-state index contributed by atoms with van der Waals surface area (Å²) in [5.74, 6) is 7.08. The van der Waals surface area contributed by atoms with Gasteiger partial charge in [0.15, 0.2) is 27.2 Å². The lowest BCUT2D eigenvalue weighted by molar-refractivity contribution is -0.385. The number of nitrogens with zero attached hydrogens (tertiary/aromatic N) is 6. The fourth-order valence-corrected chi connectivity index (χ4v) is 19.4. The molecule has 0 saturated heterocycles. The van der Waals surface area contributed by atoms with Crippen LogP contribution < -0.4 is 46.9 Å². The molecule has 10 atom stereocenters. The predicted molar refractivity (Wildman–Crippen MR) is 585 cm³/mol. The molecule has 0 aliphatic rings. The molecule has 0 N–H and O–H groups in total. The largest absolute Gasteiger partial charge is 0.515 e. The molecule has 34 nitrogen and oxygen atoms in total. The quantitative estimate of drug-likeness (QED) is 0.0148. The number of non-ortho nitro benzene ring substituents is 2. The first-order valence-corrected chi connectivity index (χ1v) is 57.2. The van der Waals surface area contributed by atoms with Gasteiger partial charge in [0.2, 0.25) is 0 Å². The van der Waals surface area contributed by atoms with Crippen LogP contribution in [-0.4, -0.2) is 244 Å². The summed E-state index contributed by atoms with van der Waals surface area (Å²) >= 11 is 11.1. The van der Waals surface area contributed by atoms with Crippen LogP contribution in [0.25, 0.3) is 0 Å². The number of aryl methyl sites for hydroxylation is 8. The summed E-state index contributed by atoms with van der Waals surface area (Å²) in [5.41, 5.74) is 8.94. The number of para-hydroxylation sites is 4. The van der Waals surface area contributed by atoms with E-state index in [0.717, 1.165) is 120 Å². The molecule has 42 heteroatoms. The smallest absolute Gasteiger partial charge is 0.497 e. The molecule has 10 aromatic rings. The van der Waals surface area contributed by atoms with Crippen molar-refractivity contribution in [3.63, 3.8) is 0 Å². The van der Waals surface area contributed by atoms with Crippen LogP contribution in [0, 0.1) is 20.2 Å². The molecule has 10 rings (SSSR count). The first-order chi connectivity index (χ1) is 71.9. The van der Waals surface area contributed by atoms with E-state index in [1.165, 1.54) is 70.8 Å². The summed E-state index contributed by atoms with van der Waals surface area (Å²) in [5, 5.41) is 21.8. The van der Waals surface area contributed by atoms with Crippen LogP contribution in [0.1, 0.15) is 98.9 Å². The van der Waals surface area contributed by atoms with Gasteiger partial charge in [-0.3, -0.25) is 56.4 Å². The van der Waals surface area contributed by atoms with Gasteiger partial charge in [0.25, 0.3) is 11.4 Å². The predicted octanol–water partition coefficient (Wildman–Crippen LogP) is 23.4. The molecule has 0 aromatic heterocycles. The number of hydrogen-bond acceptors (Lipinski definition) is 34. The zero-order valence-corrected chi connectivity index (χ0v) is 94.2. The third-order valence-electron chi connectivity index (χ3n) is 22.0. The minimum Gasteiger partial charge on any atom is -0.497 e. The molecule has 0 aliphatic heterocycles. The van der Waals surface area contributed by atoms with E-state index in [4.69, 9.17) is 126 Å². The van der Waals surface area contributed by atoms with Crippen molar-refractivity contribution in [2.24, 2.45) is 0 Å². The number of hydrogen-bond donors (Lipinski definition) is 0. The van der Waals surface area contributed by atoms with Crippen molar-refractivity contribution in [3.8, 4) is 57.5 Å². The Bertz CT molecular complexity index is 5440. The monoisotopic (exact) mass is 2200 g/mol. The lowest BCUT2D eigenvalue weighted by Gasteiger charge is -2.25. The van der Waals surface area contributed by atoms with Crippen LogP contribution in [0.4, 0.5) is 19.8 Å². The van der Waals surface area contributed by atoms with Crippen LogP contribution in [0.5, 0.6) is 57.5 Å². The van der Waals surface area contributed by atoms with Gasteiger partial charge in [-0.2, -0.15) is 0 Å². The van der Waals surface area contributed by atoms with Crippen molar-refractivity contribution < 1.29 is 129 Å². The van der Waals surface area contributed by atoms with E-state index < -0.39 is 77.1 Å². The highest BCUT2D eigenvalue weighted by atomic mass is 32.5. The van der Waals surface area contributed by atoms with Crippen LogP contribution in [0.3, 0.4) is 0 Å². The Morgan fingerprint density at radius 2 is 0.560 bits per heavy atom. The highest BCUT2D eigenvalue weighted by Gasteiger charge is 2.32. The summed E-state index contributed by atoms with van der Waals surface area (Å²) in [6.45, 7) is 6.37. The van der Waals surface area contributed by atoms with Gasteiger partial charge in [-0.05, 0) is 290 Å². The standard InChI is InChI=1S/2C29H37N2O8PS.2C25H37FNO6P/c2*1-5-37-40(41,39-26-17-15-25(16-18-26)31(32)33)38-22-36-28(20-30(2)3)21-35-29-12-7-6-10-24(29)14-13-23-9-8-11-27(19-23)34-4;2*1-6-20(2)33-34(26,28)32-19-31-24(17-27(3)4)18-30-25-13-8-7-11-22(25)15-14-21-10-9-12-23(16-21)29-5/h2*6-12,15-19,28H,5,13-14,20-22H2,1-4H3;2*7-13,16,20,24H,6,14-15,17-19H2,1-5H3/t28-,40?;;20?,24-,34+;20?,24-,34-/m0.01/s1. The molecule has 150 heavy (non-hydrogen) atoms. The topological polar surface area (TPSA) is 336 Å². The van der Waals surface area contributed by atoms with Gasteiger partial charge in [0.1, 0.15) is 108 Å². The molecule has 0 bridgehead atoms. The van der Waals surface area contributed by atoms with Gasteiger partial charge in [-0.25, -0.2) is 9.13 Å². The number of likely N-dealkylation sites (N-methyl/N-ethyl adjacent to an activating group) is 4. The Labute approximate surface area is 893 Å². The second kappa shape index (κ2) is 68.9. The van der Waals surface area contributed by atoms with Crippen LogP contribution in [0.2, 0.25) is 0 Å². The molecule has 5 unspecified atom stereocenters. The summed E-state index contributed by atoms with van der Waals surface area (Å²) in [6, 6.07) is 74.9. The number of rotatable bonds is 68. The highest BCUT2D eigenvalue weighted by molar-refractivity contribution is 8.08. The second-order valence-electron chi connectivity index (χ2n) is 35.2. The number of methoxy groups -OCH3 is 4. The third-order valence-corrected chi connectivity index (χ3v) is 28.7. The van der Waals surface area contributed by atoms with E-state index in [-0.39, 0.29) is 63.6 Å². The van der Waals surface area contributed by atoms with Crippen molar-refractivity contribution in [3.05, 3.63) is 307 Å². The van der Waals surface area contributed by atoms with Crippen molar-refractivity contribution in [1.29, 1.82) is 0 Å². The summed E-state index contributed by atoms with van der Waals surface area (Å²) in [6.07, 6.45) is 5.08. The summed E-state index contributed by atoms with van der Waals surface area (Å²) in [7, 11) is 12.7. The van der Waals surface area contributed by atoms with E-state index in [2.05, 4.69) is 36.4 Å². The zero-order valence-electron chi connectivity index (χ0n) is 89.0. The van der Waals surface area contributed by atoms with E-state index in [1.54, 1.807) is 70.0 Å². The van der Waals surface area contributed by atoms with Gasteiger partial charge < -0.3 is 85.5 Å². The Kier molecular flexibility index (Phi) is 58.3. The lowest BCUT2D eigenvalue weighted by Crippen LogP contribution is -2.34. The van der Waals surface area contributed by atoms with Gasteiger partial charge in [-0.1, -0.05) is 135 Å². The molecular weight excluding hydrogens is 2060 g/mol. The van der Waals surface area contributed by atoms with Crippen LogP contribution in [-0.2, 0) is 139 Å². The van der Waals surface area contributed by atoms with E-state index in [9.17, 15) is 37.8 Å². The maximum Gasteiger partial charge on any atom is 0.515 e. The normalized spacial score (nSPS) is 14.1. The molecule has 10 aromatic carbocycles. The molecular formula is C108H148F2N6O28P4S2. The van der Waals surface area contributed by atoms with Crippen molar-refractivity contribution in [1.82, 2.24) is 19.6 Å². The number of halogens is 2. The van der Waals surface area contributed by atoms with Crippen LogP contribution >= 0.6 is 29.3 Å². The number of nitro benzene ring substituents is 2. The SMILES string of the molecule is CCC(C)O[P@@](=O)(F)OCO[C@@H](COc1ccccc1CCc1cccc(OC)c1)CN(C)C.CCC(C)O[P@@](=O)(F)OCO[C@H](COc1ccccc1CCc1cccc(OC)c1)CN(C)C.CCOP(=S)(OCOC(COc1ccccc1CCc1cccc(OC)c1)CN(C)C)Oc1ccc([N+](=O)[O-])cc1.CCOP(=S)(OCO[C@H](COc1ccccc1CCc1cccc(OC)c1)CN(C)C)Oc1ccc([N+](=O)[O-])cc1. The maximum atomic E-state index is 14.0. The third kappa shape index (κ3) is 50.7. The Morgan fingerprint density at radius 3 is 0.780 bits per heavy atom. The lowest BCUT2D eigenvalue weighted by atomic mass is 10.0. The van der Waals surface area contributed by atoms with Gasteiger partial charge in [0, 0.05) is 74.1 Å². The van der Waals surface area contributed by atoms with Gasteiger partial charge >= 0.3 is 29.3 Å². The minimum absolute atomic E-state index is 0.0558. The first kappa shape index (κ1) is 127. The van der Waals surface area contributed by atoms with E-state index in [1.807, 2.05) is 234 Å². The Morgan fingerprint density at radius 1 is 0.320 bits per heavy atom. The van der Waals surface area contributed by atoms with E-state index in [0.29, 0.717) is 63.7 Å². The molecule has 0 radical (unpaired) electrons. The van der Waals surface area contributed by atoms with Crippen LogP contribution in [0.15, 0.2) is 243 Å². The molecule has 0 aliphatic carbocycles. The summed E-state index contributed by atoms with van der Waals surface area (Å²) < 4.78 is 174.